The van der Waals surface area contributed by atoms with Crippen LogP contribution in [0.4, 0.5) is 5.82 Å². The highest BCUT2D eigenvalue weighted by molar-refractivity contribution is 7.13. The molecule has 0 radical (unpaired) electrons. The van der Waals surface area contributed by atoms with Crippen LogP contribution in [0.5, 0.6) is 0 Å². The van der Waals surface area contributed by atoms with Crippen LogP contribution >= 0.6 is 11.3 Å². The Balaban J connectivity index is 1.27. The average molecular weight is 467 g/mol. The van der Waals surface area contributed by atoms with Gasteiger partial charge in [0.25, 0.3) is 0 Å². The maximum absolute atomic E-state index is 6.39. The number of anilines is 1. The van der Waals surface area contributed by atoms with E-state index in [1.54, 1.807) is 17.5 Å². The van der Waals surface area contributed by atoms with Gasteiger partial charge in [0.15, 0.2) is 0 Å². The smallest absolute Gasteiger partial charge is 0.150 e. The number of nitrogens with two attached hydrogens (primary N) is 1. The molecule has 170 valence electrons. The monoisotopic (exact) mass is 466 g/mol. The molecule has 5 heterocycles. The van der Waals surface area contributed by atoms with Crippen LogP contribution in [0.25, 0.3) is 38.2 Å². The van der Waals surface area contributed by atoms with Crippen molar-refractivity contribution in [2.45, 2.75) is 25.2 Å². The molecule has 1 saturated heterocycles. The number of benzene rings is 1. The SMILES string of the molecule is Nc1nccn2c(C3CC(CN4CCC4)C3)nc(-c3ccc4ccc(-c5cccs5)nc4c3)c12. The number of imidazole rings is 1. The summed E-state index contributed by atoms with van der Waals surface area (Å²) in [5, 5.41) is 3.20. The lowest BCUT2D eigenvalue weighted by molar-refractivity contribution is 0.107. The van der Waals surface area contributed by atoms with Crippen molar-refractivity contribution in [2.75, 3.05) is 25.4 Å². The molecule has 0 bridgehead atoms. The normalized spacial score (nSPS) is 20.5. The summed E-state index contributed by atoms with van der Waals surface area (Å²) in [5.74, 6) is 2.88. The van der Waals surface area contributed by atoms with Crippen molar-refractivity contribution < 1.29 is 0 Å². The Morgan fingerprint density at radius 1 is 1.06 bits per heavy atom. The molecule has 5 aromatic rings. The van der Waals surface area contributed by atoms with Crippen LogP contribution in [0.3, 0.4) is 0 Å². The Morgan fingerprint density at radius 3 is 2.74 bits per heavy atom. The number of rotatable bonds is 5. The lowest BCUT2D eigenvalue weighted by atomic mass is 9.74. The lowest BCUT2D eigenvalue weighted by Gasteiger charge is -2.41. The van der Waals surface area contributed by atoms with Crippen molar-refractivity contribution in [1.29, 1.82) is 0 Å². The second-order valence-corrected chi connectivity index (χ2v) is 10.6. The van der Waals surface area contributed by atoms with Crippen molar-refractivity contribution in [2.24, 2.45) is 5.92 Å². The molecule has 1 aromatic carbocycles. The van der Waals surface area contributed by atoms with E-state index in [0.29, 0.717) is 11.7 Å². The summed E-state index contributed by atoms with van der Waals surface area (Å²) in [6.45, 7) is 3.77. The molecule has 1 aliphatic heterocycles. The van der Waals surface area contributed by atoms with Gasteiger partial charge in [-0.25, -0.2) is 15.0 Å². The van der Waals surface area contributed by atoms with Gasteiger partial charge in [0.1, 0.15) is 22.9 Å². The highest BCUT2D eigenvalue weighted by Gasteiger charge is 2.36. The van der Waals surface area contributed by atoms with Gasteiger partial charge in [0, 0.05) is 35.8 Å². The average Bonchev–Trinajstić information content (AvgIpc) is 3.46. The van der Waals surface area contributed by atoms with Gasteiger partial charge in [-0.05, 0) is 61.8 Å². The van der Waals surface area contributed by atoms with Crippen LogP contribution in [0, 0.1) is 5.92 Å². The van der Waals surface area contributed by atoms with E-state index in [2.05, 4.69) is 62.1 Å². The molecular formula is C27H26N6S. The van der Waals surface area contributed by atoms with E-state index in [4.69, 9.17) is 15.7 Å². The molecule has 1 saturated carbocycles. The third-order valence-electron chi connectivity index (χ3n) is 7.42. The second-order valence-electron chi connectivity index (χ2n) is 9.62. The third-order valence-corrected chi connectivity index (χ3v) is 8.31. The Hall–Kier alpha value is -3.29. The third kappa shape index (κ3) is 3.30. The highest BCUT2D eigenvalue weighted by Crippen LogP contribution is 2.44. The molecule has 6 nitrogen and oxygen atoms in total. The van der Waals surface area contributed by atoms with E-state index in [1.807, 2.05) is 6.20 Å². The Morgan fingerprint density at radius 2 is 1.94 bits per heavy atom. The largest absolute Gasteiger partial charge is 0.382 e. The van der Waals surface area contributed by atoms with Crippen LogP contribution in [0.1, 0.15) is 31.0 Å². The van der Waals surface area contributed by atoms with E-state index in [9.17, 15) is 0 Å². The summed E-state index contributed by atoms with van der Waals surface area (Å²) >= 11 is 1.71. The van der Waals surface area contributed by atoms with Gasteiger partial charge < -0.3 is 10.6 Å². The molecule has 0 atom stereocenters. The lowest BCUT2D eigenvalue weighted by Crippen LogP contribution is -2.43. The molecule has 4 aromatic heterocycles. The first kappa shape index (κ1) is 20.1. The summed E-state index contributed by atoms with van der Waals surface area (Å²) in [6, 6.07) is 14.8. The van der Waals surface area contributed by atoms with Crippen molar-refractivity contribution >= 4 is 33.6 Å². The Labute approximate surface area is 202 Å². The van der Waals surface area contributed by atoms with Crippen molar-refractivity contribution in [3.05, 3.63) is 66.1 Å². The Kier molecular flexibility index (Phi) is 4.67. The number of nitrogens with zero attached hydrogens (tertiary/aromatic N) is 5. The summed E-state index contributed by atoms with van der Waals surface area (Å²) < 4.78 is 2.17. The summed E-state index contributed by atoms with van der Waals surface area (Å²) in [5.41, 5.74) is 11.2. The van der Waals surface area contributed by atoms with Crippen LogP contribution in [0.15, 0.2) is 60.2 Å². The fraction of sp³-hybridized carbons (Fsp3) is 0.296. The molecule has 7 rings (SSSR count). The Bertz CT molecular complexity index is 1490. The number of fused-ring (bicyclic) bond motifs is 2. The zero-order valence-electron chi connectivity index (χ0n) is 18.9. The molecule has 2 N–H and O–H groups in total. The second kappa shape index (κ2) is 7.89. The number of nitrogen functional groups attached to an aromatic ring is 1. The first-order valence-corrected chi connectivity index (χ1v) is 12.9. The number of thiophene rings is 1. The highest BCUT2D eigenvalue weighted by atomic mass is 32.1. The van der Waals surface area contributed by atoms with Crippen LogP contribution in [-0.2, 0) is 0 Å². The first-order valence-electron chi connectivity index (χ1n) is 12.0. The zero-order chi connectivity index (χ0) is 22.6. The van der Waals surface area contributed by atoms with Gasteiger partial charge >= 0.3 is 0 Å². The van der Waals surface area contributed by atoms with Gasteiger partial charge in [-0.3, -0.25) is 4.40 Å². The fourth-order valence-corrected chi connectivity index (χ4v) is 6.12. The molecule has 7 heteroatoms. The summed E-state index contributed by atoms with van der Waals surface area (Å²) in [4.78, 5) is 18.3. The van der Waals surface area contributed by atoms with Crippen LogP contribution in [-0.4, -0.2) is 43.9 Å². The van der Waals surface area contributed by atoms with Crippen molar-refractivity contribution in [3.8, 4) is 21.8 Å². The molecule has 2 fully saturated rings. The van der Waals surface area contributed by atoms with E-state index < -0.39 is 0 Å². The van der Waals surface area contributed by atoms with Gasteiger partial charge in [-0.1, -0.05) is 24.3 Å². The standard InChI is InChI=1S/C27H26N6S/c28-26-25-24(19-5-4-18-6-7-21(30-22(18)15-19)23-3-1-12-34-23)31-27(33(25)11-8-29-26)20-13-17(14-20)16-32-9-2-10-32/h1,3-8,11-12,15,17,20H,2,9-10,13-14,16H2,(H2,28,29). The number of aromatic nitrogens is 4. The molecule has 0 spiro atoms. The minimum atomic E-state index is 0.471. The summed E-state index contributed by atoms with van der Waals surface area (Å²) in [6.07, 6.45) is 7.53. The minimum absolute atomic E-state index is 0.471. The molecule has 34 heavy (non-hydrogen) atoms. The number of likely N-dealkylation sites (tertiary alicyclic amines) is 1. The van der Waals surface area contributed by atoms with Gasteiger partial charge in [-0.2, -0.15) is 0 Å². The number of hydrogen-bond donors (Lipinski definition) is 1. The van der Waals surface area contributed by atoms with Gasteiger partial charge in [-0.15, -0.1) is 11.3 Å². The fourth-order valence-electron chi connectivity index (χ4n) is 5.43. The van der Waals surface area contributed by atoms with Gasteiger partial charge in [0.05, 0.1) is 16.1 Å². The predicted octanol–water partition coefficient (Wildman–Crippen LogP) is 5.45. The van der Waals surface area contributed by atoms with Crippen molar-refractivity contribution in [3.63, 3.8) is 0 Å². The maximum atomic E-state index is 6.39. The van der Waals surface area contributed by atoms with E-state index in [0.717, 1.165) is 45.1 Å². The van der Waals surface area contributed by atoms with E-state index >= 15 is 0 Å². The summed E-state index contributed by atoms with van der Waals surface area (Å²) in [7, 11) is 0. The molecule has 0 unspecified atom stereocenters. The number of pyridine rings is 1. The first-order chi connectivity index (χ1) is 16.7. The molecule has 1 aliphatic carbocycles. The maximum Gasteiger partial charge on any atom is 0.150 e. The zero-order valence-corrected chi connectivity index (χ0v) is 19.7. The van der Waals surface area contributed by atoms with Gasteiger partial charge in [0.2, 0.25) is 0 Å². The molecular weight excluding hydrogens is 440 g/mol. The molecule has 0 amide bonds. The topological polar surface area (TPSA) is 72.3 Å². The predicted molar refractivity (Wildman–Crippen MR) is 138 cm³/mol. The van der Waals surface area contributed by atoms with Crippen LogP contribution in [0.2, 0.25) is 0 Å². The van der Waals surface area contributed by atoms with Crippen LogP contribution < -0.4 is 5.73 Å². The van der Waals surface area contributed by atoms with Crippen molar-refractivity contribution in [1.82, 2.24) is 24.3 Å². The minimum Gasteiger partial charge on any atom is -0.382 e. The van der Waals surface area contributed by atoms with E-state index in [1.165, 1.54) is 43.8 Å². The quantitative estimate of drug-likeness (QED) is 0.373. The molecule has 2 aliphatic rings. The van der Waals surface area contributed by atoms with E-state index in [-0.39, 0.29) is 0 Å². The number of hydrogen-bond acceptors (Lipinski definition) is 6.